The first kappa shape index (κ1) is 9.35. The molecule has 0 saturated carbocycles. The molecule has 0 bridgehead atoms. The van der Waals surface area contributed by atoms with Crippen LogP contribution < -0.4 is 10.5 Å². The number of methoxy groups -OCH3 is 1. The number of hydrogen-bond acceptors (Lipinski definition) is 3. The Kier molecular flexibility index (Phi) is 2.18. The molecule has 3 heteroatoms. The quantitative estimate of drug-likeness (QED) is 0.715. The fourth-order valence-corrected chi connectivity index (χ4v) is 1.56. The number of nitriles is 1. The molecule has 0 aromatic heterocycles. The predicted molar refractivity (Wildman–Crippen MR) is 59.6 cm³/mol. The van der Waals surface area contributed by atoms with Crippen molar-refractivity contribution in [2.24, 2.45) is 0 Å². The lowest BCUT2D eigenvalue weighted by Gasteiger charge is -2.05. The minimum atomic E-state index is 0.507. The Morgan fingerprint density at radius 2 is 2.07 bits per heavy atom. The molecule has 2 aromatic rings. The van der Waals surface area contributed by atoms with E-state index in [0.29, 0.717) is 11.3 Å². The molecule has 2 rings (SSSR count). The van der Waals surface area contributed by atoms with Crippen molar-refractivity contribution in [3.63, 3.8) is 0 Å². The van der Waals surface area contributed by atoms with Crippen molar-refractivity contribution in [2.75, 3.05) is 12.8 Å². The van der Waals surface area contributed by atoms with E-state index in [0.717, 1.165) is 16.5 Å². The lowest BCUT2D eigenvalue weighted by atomic mass is 10.0. The van der Waals surface area contributed by atoms with Crippen molar-refractivity contribution in [1.29, 1.82) is 5.26 Å². The molecule has 0 atom stereocenters. The van der Waals surface area contributed by atoms with Gasteiger partial charge in [-0.25, -0.2) is 0 Å². The highest BCUT2D eigenvalue weighted by Crippen LogP contribution is 2.27. The van der Waals surface area contributed by atoms with Gasteiger partial charge in [-0.2, -0.15) is 5.26 Å². The topological polar surface area (TPSA) is 59.0 Å². The highest BCUT2D eigenvalue weighted by molar-refractivity contribution is 5.96. The summed E-state index contributed by atoms with van der Waals surface area (Å²) in [6.45, 7) is 0. The standard InChI is InChI=1S/C12H10N2O/c1-15-10-4-5-11-8(6-10)2-3-9(7-13)12(11)14/h2-6H,14H2,1H3. The van der Waals surface area contributed by atoms with E-state index >= 15 is 0 Å². The molecule has 0 heterocycles. The second kappa shape index (κ2) is 3.50. The average Bonchev–Trinajstić information content (AvgIpc) is 2.29. The Hall–Kier alpha value is -2.21. The number of nitrogen functional groups attached to an aromatic ring is 1. The van der Waals surface area contributed by atoms with Gasteiger partial charge in [-0.05, 0) is 29.7 Å². The van der Waals surface area contributed by atoms with Crippen LogP contribution in [0.2, 0.25) is 0 Å². The molecule has 0 fully saturated rings. The van der Waals surface area contributed by atoms with E-state index in [2.05, 4.69) is 6.07 Å². The molecule has 0 aliphatic rings. The maximum absolute atomic E-state index is 8.82. The molecule has 0 amide bonds. The largest absolute Gasteiger partial charge is 0.497 e. The summed E-state index contributed by atoms with van der Waals surface area (Å²) in [5.41, 5.74) is 6.89. The van der Waals surface area contributed by atoms with Gasteiger partial charge in [-0.3, -0.25) is 0 Å². The minimum Gasteiger partial charge on any atom is -0.497 e. The summed E-state index contributed by atoms with van der Waals surface area (Å²) >= 11 is 0. The number of fused-ring (bicyclic) bond motifs is 1. The highest BCUT2D eigenvalue weighted by Gasteiger charge is 2.04. The number of hydrogen-bond donors (Lipinski definition) is 1. The third-order valence-corrected chi connectivity index (χ3v) is 2.39. The molecule has 0 aliphatic heterocycles. The van der Waals surface area contributed by atoms with Crippen LogP contribution in [-0.2, 0) is 0 Å². The first-order valence-electron chi connectivity index (χ1n) is 4.52. The van der Waals surface area contributed by atoms with Crippen molar-refractivity contribution >= 4 is 16.5 Å². The first-order chi connectivity index (χ1) is 7.26. The number of anilines is 1. The van der Waals surface area contributed by atoms with Crippen LogP contribution in [-0.4, -0.2) is 7.11 Å². The van der Waals surface area contributed by atoms with Gasteiger partial charge in [0.05, 0.1) is 18.4 Å². The third kappa shape index (κ3) is 1.46. The molecule has 3 nitrogen and oxygen atoms in total. The first-order valence-corrected chi connectivity index (χ1v) is 4.52. The van der Waals surface area contributed by atoms with Crippen LogP contribution in [0.4, 0.5) is 5.69 Å². The van der Waals surface area contributed by atoms with Gasteiger partial charge in [0.25, 0.3) is 0 Å². The zero-order valence-electron chi connectivity index (χ0n) is 8.32. The number of ether oxygens (including phenoxy) is 1. The summed E-state index contributed by atoms with van der Waals surface area (Å²) in [4.78, 5) is 0. The van der Waals surface area contributed by atoms with Crippen LogP contribution in [0.25, 0.3) is 10.8 Å². The monoisotopic (exact) mass is 198 g/mol. The summed E-state index contributed by atoms with van der Waals surface area (Å²) in [6.07, 6.45) is 0. The van der Waals surface area contributed by atoms with E-state index in [-0.39, 0.29) is 0 Å². The number of nitrogens with two attached hydrogens (primary N) is 1. The van der Waals surface area contributed by atoms with Gasteiger partial charge in [0.2, 0.25) is 0 Å². The maximum Gasteiger partial charge on any atom is 0.119 e. The lowest BCUT2D eigenvalue weighted by Crippen LogP contribution is -1.92. The number of rotatable bonds is 1. The van der Waals surface area contributed by atoms with E-state index in [4.69, 9.17) is 15.7 Å². The van der Waals surface area contributed by atoms with Crippen molar-refractivity contribution in [3.8, 4) is 11.8 Å². The summed E-state index contributed by atoms with van der Waals surface area (Å²) in [5.74, 6) is 0.784. The van der Waals surface area contributed by atoms with Crippen LogP contribution >= 0.6 is 0 Å². The highest BCUT2D eigenvalue weighted by atomic mass is 16.5. The van der Waals surface area contributed by atoms with Crippen LogP contribution in [0.5, 0.6) is 5.75 Å². The molecule has 0 aliphatic carbocycles. The second-order valence-corrected chi connectivity index (χ2v) is 3.23. The molecule has 2 N–H and O–H groups in total. The van der Waals surface area contributed by atoms with Crippen molar-refractivity contribution in [1.82, 2.24) is 0 Å². The molecule has 0 spiro atoms. The number of benzene rings is 2. The zero-order chi connectivity index (χ0) is 10.8. The molecular formula is C12H10N2O. The fourth-order valence-electron chi connectivity index (χ4n) is 1.56. The molecule has 0 saturated heterocycles. The van der Waals surface area contributed by atoms with E-state index in [1.54, 1.807) is 13.2 Å². The van der Waals surface area contributed by atoms with Crippen LogP contribution in [0.1, 0.15) is 5.56 Å². The van der Waals surface area contributed by atoms with Gasteiger partial charge in [0.15, 0.2) is 0 Å². The van der Waals surface area contributed by atoms with E-state index in [1.165, 1.54) is 0 Å². The normalized spacial score (nSPS) is 9.87. The molecule has 0 unspecified atom stereocenters. The van der Waals surface area contributed by atoms with Crippen molar-refractivity contribution in [2.45, 2.75) is 0 Å². The molecule has 15 heavy (non-hydrogen) atoms. The Morgan fingerprint density at radius 3 is 2.73 bits per heavy atom. The van der Waals surface area contributed by atoms with Gasteiger partial charge in [0, 0.05) is 5.39 Å². The van der Waals surface area contributed by atoms with Crippen LogP contribution in [0.3, 0.4) is 0 Å². The molecular weight excluding hydrogens is 188 g/mol. The van der Waals surface area contributed by atoms with Crippen LogP contribution in [0.15, 0.2) is 30.3 Å². The maximum atomic E-state index is 8.82. The smallest absolute Gasteiger partial charge is 0.119 e. The molecule has 2 aromatic carbocycles. The van der Waals surface area contributed by atoms with Crippen molar-refractivity contribution < 1.29 is 4.74 Å². The lowest BCUT2D eigenvalue weighted by molar-refractivity contribution is 0.415. The van der Waals surface area contributed by atoms with Crippen LogP contribution in [0, 0.1) is 11.3 Å². The Bertz CT molecular complexity index is 555. The Morgan fingerprint density at radius 1 is 1.27 bits per heavy atom. The summed E-state index contributed by atoms with van der Waals surface area (Å²) in [6, 6.07) is 11.2. The Balaban J connectivity index is 2.75. The molecule has 74 valence electrons. The van der Waals surface area contributed by atoms with E-state index in [1.807, 2.05) is 24.3 Å². The minimum absolute atomic E-state index is 0.507. The van der Waals surface area contributed by atoms with Gasteiger partial charge in [-0.15, -0.1) is 0 Å². The van der Waals surface area contributed by atoms with Crippen molar-refractivity contribution in [3.05, 3.63) is 35.9 Å². The summed E-state index contributed by atoms with van der Waals surface area (Å²) < 4.78 is 5.11. The fraction of sp³-hybridized carbons (Fsp3) is 0.0833. The predicted octanol–water partition coefficient (Wildman–Crippen LogP) is 2.30. The second-order valence-electron chi connectivity index (χ2n) is 3.23. The van der Waals surface area contributed by atoms with E-state index in [9.17, 15) is 0 Å². The zero-order valence-corrected chi connectivity index (χ0v) is 8.32. The average molecular weight is 198 g/mol. The SMILES string of the molecule is COc1ccc2c(N)c(C#N)ccc2c1. The Labute approximate surface area is 87.7 Å². The molecule has 0 radical (unpaired) electrons. The number of nitrogens with zero attached hydrogens (tertiary/aromatic N) is 1. The van der Waals surface area contributed by atoms with Gasteiger partial charge in [-0.1, -0.05) is 6.07 Å². The van der Waals surface area contributed by atoms with Gasteiger partial charge in [0.1, 0.15) is 11.8 Å². The summed E-state index contributed by atoms with van der Waals surface area (Å²) in [5, 5.41) is 10.7. The summed E-state index contributed by atoms with van der Waals surface area (Å²) in [7, 11) is 1.62. The van der Waals surface area contributed by atoms with E-state index < -0.39 is 0 Å². The third-order valence-electron chi connectivity index (χ3n) is 2.39. The van der Waals surface area contributed by atoms with Gasteiger partial charge < -0.3 is 10.5 Å². The van der Waals surface area contributed by atoms with Gasteiger partial charge >= 0.3 is 0 Å².